The summed E-state index contributed by atoms with van der Waals surface area (Å²) < 4.78 is 36.0. The summed E-state index contributed by atoms with van der Waals surface area (Å²) in [6, 6.07) is 13.4. The maximum absolute atomic E-state index is 14.7. The van der Waals surface area contributed by atoms with Crippen LogP contribution in [-0.4, -0.2) is 40.4 Å². The van der Waals surface area contributed by atoms with Crippen molar-refractivity contribution in [3.63, 3.8) is 0 Å². The van der Waals surface area contributed by atoms with E-state index in [1.165, 1.54) is 40.7 Å². The largest absolute Gasteiger partial charge is 0.493 e. The highest BCUT2D eigenvalue weighted by Gasteiger charge is 2.13. The summed E-state index contributed by atoms with van der Waals surface area (Å²) in [7, 11) is 5.95. The van der Waals surface area contributed by atoms with Gasteiger partial charge in [-0.25, -0.2) is 4.39 Å². The molecule has 2 N–H and O–H groups in total. The second-order valence-corrected chi connectivity index (χ2v) is 7.37. The number of hydrogen-bond acceptors (Lipinski definition) is 7. The van der Waals surface area contributed by atoms with Gasteiger partial charge < -0.3 is 24.7 Å². The standard InChI is InChI=1S/C27H27FN2O5/c1-32-24-15-18(16-25(33-2)27(24)35-4)10-9-17-13-20(28)26(34-3)22(14-17)30-12-11-23(31)19-7-5-6-8-21(19)29/h5-10,12-16H,11,29H2,1-4H3/b10-9-,30-12?. The van der Waals surface area contributed by atoms with Gasteiger partial charge >= 0.3 is 0 Å². The molecule has 0 aliphatic heterocycles. The molecular formula is C27H27FN2O5. The van der Waals surface area contributed by atoms with E-state index in [2.05, 4.69) is 4.99 Å². The lowest BCUT2D eigenvalue weighted by atomic mass is 10.1. The van der Waals surface area contributed by atoms with E-state index in [0.29, 0.717) is 34.1 Å². The van der Waals surface area contributed by atoms with E-state index in [0.717, 1.165) is 5.56 Å². The summed E-state index contributed by atoms with van der Waals surface area (Å²) in [5.41, 5.74) is 8.23. The average molecular weight is 479 g/mol. The topological polar surface area (TPSA) is 92.4 Å². The third-order valence-corrected chi connectivity index (χ3v) is 5.17. The summed E-state index contributed by atoms with van der Waals surface area (Å²) >= 11 is 0. The fourth-order valence-corrected chi connectivity index (χ4v) is 3.47. The molecule has 182 valence electrons. The Bertz CT molecular complexity index is 1250. The third kappa shape index (κ3) is 5.97. The lowest BCUT2D eigenvalue weighted by molar-refractivity contribution is 0.100. The average Bonchev–Trinajstić information content (AvgIpc) is 2.86. The highest BCUT2D eigenvalue weighted by molar-refractivity contribution is 6.07. The number of ether oxygens (including phenoxy) is 4. The highest BCUT2D eigenvalue weighted by atomic mass is 19.1. The minimum Gasteiger partial charge on any atom is -0.493 e. The lowest BCUT2D eigenvalue weighted by Gasteiger charge is -2.13. The summed E-state index contributed by atoms with van der Waals surface area (Å²) in [4.78, 5) is 16.7. The number of para-hydroxylation sites is 1. The maximum atomic E-state index is 14.7. The minimum absolute atomic E-state index is 0.00446. The fraction of sp³-hybridized carbons (Fsp3) is 0.185. The van der Waals surface area contributed by atoms with Crippen molar-refractivity contribution in [3.8, 4) is 23.0 Å². The normalized spacial score (nSPS) is 11.1. The van der Waals surface area contributed by atoms with Gasteiger partial charge in [0, 0.05) is 23.9 Å². The minimum atomic E-state index is -0.578. The number of rotatable bonds is 10. The molecule has 0 aromatic heterocycles. The second-order valence-electron chi connectivity index (χ2n) is 7.37. The van der Waals surface area contributed by atoms with Crippen LogP contribution in [0.1, 0.15) is 27.9 Å². The number of nitrogens with zero attached hydrogens (tertiary/aromatic N) is 1. The predicted octanol–water partition coefficient (Wildman–Crippen LogP) is 5.59. The molecule has 0 atom stereocenters. The van der Waals surface area contributed by atoms with E-state index in [1.54, 1.807) is 54.6 Å². The first kappa shape index (κ1) is 25.3. The number of hydrogen-bond donors (Lipinski definition) is 1. The van der Waals surface area contributed by atoms with Gasteiger partial charge in [0.1, 0.15) is 5.69 Å². The maximum Gasteiger partial charge on any atom is 0.203 e. The van der Waals surface area contributed by atoms with Crippen LogP contribution in [0, 0.1) is 5.82 Å². The Hall–Kier alpha value is -4.33. The quantitative estimate of drug-likeness (QED) is 0.177. The molecule has 0 radical (unpaired) electrons. The van der Waals surface area contributed by atoms with Crippen molar-refractivity contribution in [2.75, 3.05) is 34.2 Å². The molecular weight excluding hydrogens is 451 g/mol. The molecule has 0 heterocycles. The third-order valence-electron chi connectivity index (χ3n) is 5.17. The van der Waals surface area contributed by atoms with E-state index < -0.39 is 5.82 Å². The summed E-state index contributed by atoms with van der Waals surface area (Å²) in [6.45, 7) is 0. The number of aliphatic imine (C=N–C) groups is 1. The first-order valence-electron chi connectivity index (χ1n) is 10.7. The van der Waals surface area contributed by atoms with Crippen LogP contribution in [0.5, 0.6) is 23.0 Å². The van der Waals surface area contributed by atoms with Crippen LogP contribution in [0.3, 0.4) is 0 Å². The molecule has 0 fully saturated rings. The van der Waals surface area contributed by atoms with Crippen LogP contribution in [0.2, 0.25) is 0 Å². The molecule has 35 heavy (non-hydrogen) atoms. The van der Waals surface area contributed by atoms with Crippen LogP contribution in [0.25, 0.3) is 12.2 Å². The number of carbonyl (C=O) groups excluding carboxylic acids is 1. The summed E-state index contributed by atoms with van der Waals surface area (Å²) in [5.74, 6) is 0.696. The van der Waals surface area contributed by atoms with E-state index >= 15 is 0 Å². The van der Waals surface area contributed by atoms with Gasteiger partial charge in [0.2, 0.25) is 5.75 Å². The Morgan fingerprint density at radius 3 is 2.06 bits per heavy atom. The summed E-state index contributed by atoms with van der Waals surface area (Å²) in [6.07, 6.45) is 4.92. The van der Waals surface area contributed by atoms with Crippen LogP contribution in [-0.2, 0) is 0 Å². The first-order valence-corrected chi connectivity index (χ1v) is 10.7. The Balaban J connectivity index is 1.87. The van der Waals surface area contributed by atoms with Crippen LogP contribution in [0.15, 0.2) is 53.5 Å². The van der Waals surface area contributed by atoms with E-state index in [1.807, 2.05) is 0 Å². The SMILES string of the molecule is COc1cc(/C=C\c2cc(F)c(OC)c(N=CCC(=O)c3ccccc3N)c2)cc(OC)c1OC. The molecule has 3 aromatic rings. The monoisotopic (exact) mass is 478 g/mol. The molecule has 0 saturated heterocycles. The second kappa shape index (κ2) is 11.7. The molecule has 0 aliphatic carbocycles. The lowest BCUT2D eigenvalue weighted by Crippen LogP contribution is -2.03. The number of Topliss-reactive ketones (excluding diaryl/α,β-unsaturated/α-hetero) is 1. The highest BCUT2D eigenvalue weighted by Crippen LogP contribution is 2.39. The molecule has 0 unspecified atom stereocenters. The van der Waals surface area contributed by atoms with Crippen LogP contribution in [0.4, 0.5) is 15.8 Å². The van der Waals surface area contributed by atoms with Crippen molar-refractivity contribution in [1.82, 2.24) is 0 Å². The number of benzene rings is 3. The molecule has 0 saturated carbocycles. The van der Waals surface area contributed by atoms with Crippen molar-refractivity contribution in [3.05, 3.63) is 71.0 Å². The molecule has 8 heteroatoms. The summed E-state index contributed by atoms with van der Waals surface area (Å²) in [5, 5.41) is 0. The van der Waals surface area contributed by atoms with E-state index in [4.69, 9.17) is 24.7 Å². The van der Waals surface area contributed by atoms with Gasteiger partial charge in [0.15, 0.2) is 28.8 Å². The number of ketones is 1. The first-order chi connectivity index (χ1) is 16.9. The van der Waals surface area contributed by atoms with Crippen molar-refractivity contribution in [2.45, 2.75) is 6.42 Å². The number of halogens is 1. The molecule has 3 rings (SSSR count). The Morgan fingerprint density at radius 2 is 1.49 bits per heavy atom. The number of nitrogen functional groups attached to an aromatic ring is 1. The molecule has 0 bridgehead atoms. The Labute approximate surface area is 203 Å². The zero-order chi connectivity index (χ0) is 25.4. The van der Waals surface area contributed by atoms with E-state index in [9.17, 15) is 9.18 Å². The van der Waals surface area contributed by atoms with Crippen molar-refractivity contribution in [1.29, 1.82) is 0 Å². The number of anilines is 1. The van der Waals surface area contributed by atoms with Gasteiger partial charge in [0.05, 0.1) is 28.4 Å². The molecule has 0 spiro atoms. The van der Waals surface area contributed by atoms with Gasteiger partial charge in [0.25, 0.3) is 0 Å². The van der Waals surface area contributed by atoms with Crippen molar-refractivity contribution in [2.24, 2.45) is 4.99 Å². The Kier molecular flexibility index (Phi) is 8.45. The Morgan fingerprint density at radius 1 is 0.886 bits per heavy atom. The smallest absolute Gasteiger partial charge is 0.203 e. The van der Waals surface area contributed by atoms with Gasteiger partial charge in [-0.15, -0.1) is 0 Å². The number of methoxy groups -OCH3 is 4. The van der Waals surface area contributed by atoms with Crippen molar-refractivity contribution < 1.29 is 28.1 Å². The number of nitrogens with two attached hydrogens (primary N) is 1. The molecule has 0 aliphatic rings. The molecule has 7 nitrogen and oxygen atoms in total. The van der Waals surface area contributed by atoms with Gasteiger partial charge in [-0.1, -0.05) is 24.3 Å². The number of carbonyl (C=O) groups is 1. The van der Waals surface area contributed by atoms with Crippen LogP contribution < -0.4 is 24.7 Å². The van der Waals surface area contributed by atoms with Crippen LogP contribution >= 0.6 is 0 Å². The predicted molar refractivity (Wildman–Crippen MR) is 136 cm³/mol. The van der Waals surface area contributed by atoms with E-state index in [-0.39, 0.29) is 23.6 Å². The zero-order valence-corrected chi connectivity index (χ0v) is 20.0. The molecule has 3 aromatic carbocycles. The van der Waals surface area contributed by atoms with Gasteiger partial charge in [-0.05, 0) is 47.5 Å². The fourth-order valence-electron chi connectivity index (χ4n) is 3.47. The van der Waals surface area contributed by atoms with Gasteiger partial charge in [-0.2, -0.15) is 0 Å². The molecule has 0 amide bonds. The van der Waals surface area contributed by atoms with Crippen molar-refractivity contribution >= 4 is 35.5 Å². The van der Waals surface area contributed by atoms with Gasteiger partial charge in [-0.3, -0.25) is 9.79 Å². The zero-order valence-electron chi connectivity index (χ0n) is 20.0.